The maximum Gasteiger partial charge on any atom is 0.243 e. The van der Waals surface area contributed by atoms with Crippen LogP contribution in [0.2, 0.25) is 0 Å². The fourth-order valence-electron chi connectivity index (χ4n) is 3.85. The molecule has 9 heteroatoms. The fraction of sp³-hybridized carbons (Fsp3) is 0.357. The summed E-state index contributed by atoms with van der Waals surface area (Å²) < 4.78 is 32.9. The van der Waals surface area contributed by atoms with Gasteiger partial charge in [0.05, 0.1) is 18.6 Å². The third kappa shape index (κ3) is 6.87. The summed E-state index contributed by atoms with van der Waals surface area (Å²) >= 11 is 0. The Kier molecular flexibility index (Phi) is 9.29. The minimum absolute atomic E-state index is 0.0520. The number of sulfonamides is 1. The third-order valence-electron chi connectivity index (χ3n) is 6.47. The average Bonchev–Trinajstić information content (AvgIpc) is 2.90. The Balaban J connectivity index is 1.84. The number of amides is 2. The topological polar surface area (TPSA) is 96.0 Å². The highest BCUT2D eigenvalue weighted by atomic mass is 32.2. The van der Waals surface area contributed by atoms with E-state index in [0.717, 1.165) is 27.1 Å². The molecule has 0 aliphatic carbocycles. The lowest BCUT2D eigenvalue weighted by molar-refractivity contribution is -0.140. The summed E-state index contributed by atoms with van der Waals surface area (Å²) in [5, 5.41) is 4.63. The molecule has 3 rings (SSSR count). The van der Waals surface area contributed by atoms with Crippen LogP contribution in [0.4, 0.5) is 0 Å². The molecule has 1 N–H and O–H groups in total. The van der Waals surface area contributed by atoms with Crippen LogP contribution in [0, 0.1) is 0 Å². The molecular formula is C28H35N3O5S. The molecule has 0 radical (unpaired) electrons. The van der Waals surface area contributed by atoms with Crippen LogP contribution in [0.15, 0.2) is 71.6 Å². The van der Waals surface area contributed by atoms with E-state index in [9.17, 15) is 18.0 Å². The predicted molar refractivity (Wildman–Crippen MR) is 145 cm³/mol. The monoisotopic (exact) mass is 525 g/mol. The highest BCUT2D eigenvalue weighted by Gasteiger charge is 2.30. The van der Waals surface area contributed by atoms with Gasteiger partial charge in [-0.25, -0.2) is 8.42 Å². The van der Waals surface area contributed by atoms with Gasteiger partial charge in [0.15, 0.2) is 0 Å². The molecule has 37 heavy (non-hydrogen) atoms. The molecule has 2 atom stereocenters. The van der Waals surface area contributed by atoms with Gasteiger partial charge in [0.25, 0.3) is 0 Å². The van der Waals surface area contributed by atoms with Gasteiger partial charge in [-0.2, -0.15) is 4.31 Å². The SMILES string of the molecule is CC[C@@H](C)NC(=O)[C@@H](C)N(Cc1ccc(OC)cc1)C(=O)CN(C)S(=O)(=O)c1ccc2ccccc2c1. The summed E-state index contributed by atoms with van der Waals surface area (Å²) in [6.45, 7) is 5.23. The van der Waals surface area contributed by atoms with E-state index in [1.54, 1.807) is 38.3 Å². The van der Waals surface area contributed by atoms with Gasteiger partial charge in [-0.15, -0.1) is 0 Å². The van der Waals surface area contributed by atoms with E-state index >= 15 is 0 Å². The van der Waals surface area contributed by atoms with Crippen LogP contribution < -0.4 is 10.1 Å². The number of carbonyl (C=O) groups excluding carboxylic acids is 2. The van der Waals surface area contributed by atoms with Crippen LogP contribution in [-0.2, 0) is 26.2 Å². The van der Waals surface area contributed by atoms with Gasteiger partial charge in [-0.1, -0.05) is 49.4 Å². The molecule has 8 nitrogen and oxygen atoms in total. The van der Waals surface area contributed by atoms with Gasteiger partial charge in [0.2, 0.25) is 21.8 Å². The molecule has 0 fully saturated rings. The fourth-order valence-corrected chi connectivity index (χ4v) is 5.01. The van der Waals surface area contributed by atoms with Crippen molar-refractivity contribution in [1.82, 2.24) is 14.5 Å². The second-order valence-electron chi connectivity index (χ2n) is 9.13. The lowest BCUT2D eigenvalue weighted by Gasteiger charge is -2.31. The second kappa shape index (κ2) is 12.2. The van der Waals surface area contributed by atoms with E-state index in [1.807, 2.05) is 50.2 Å². The molecule has 0 unspecified atom stereocenters. The minimum Gasteiger partial charge on any atom is -0.497 e. The second-order valence-corrected chi connectivity index (χ2v) is 11.2. The number of likely N-dealkylation sites (N-methyl/N-ethyl adjacent to an activating group) is 1. The lowest BCUT2D eigenvalue weighted by Crippen LogP contribution is -2.51. The number of nitrogens with zero attached hydrogens (tertiary/aromatic N) is 2. The first-order valence-corrected chi connectivity index (χ1v) is 13.7. The zero-order valence-corrected chi connectivity index (χ0v) is 22.8. The first-order chi connectivity index (χ1) is 17.6. The zero-order chi connectivity index (χ0) is 27.2. The van der Waals surface area contributed by atoms with Gasteiger partial charge in [-0.05, 0) is 60.9 Å². The summed E-state index contributed by atoms with van der Waals surface area (Å²) in [7, 11) is -1.00. The van der Waals surface area contributed by atoms with Crippen molar-refractivity contribution in [2.45, 2.75) is 50.7 Å². The van der Waals surface area contributed by atoms with E-state index in [0.29, 0.717) is 5.75 Å². The van der Waals surface area contributed by atoms with E-state index in [-0.39, 0.29) is 23.4 Å². The van der Waals surface area contributed by atoms with Crippen molar-refractivity contribution >= 4 is 32.6 Å². The first kappa shape index (κ1) is 28.1. The van der Waals surface area contributed by atoms with Gasteiger partial charge in [-0.3, -0.25) is 9.59 Å². The molecule has 0 saturated heterocycles. The van der Waals surface area contributed by atoms with Crippen molar-refractivity contribution in [3.8, 4) is 5.75 Å². The van der Waals surface area contributed by atoms with Crippen molar-refractivity contribution in [2.24, 2.45) is 0 Å². The summed E-state index contributed by atoms with van der Waals surface area (Å²) in [5.74, 6) is -0.101. The largest absolute Gasteiger partial charge is 0.497 e. The average molecular weight is 526 g/mol. The molecule has 3 aromatic carbocycles. The molecule has 198 valence electrons. The van der Waals surface area contributed by atoms with Crippen LogP contribution in [0.25, 0.3) is 10.8 Å². The molecule has 0 saturated carbocycles. The Labute approximate surface area is 219 Å². The maximum atomic E-state index is 13.5. The van der Waals surface area contributed by atoms with Crippen molar-refractivity contribution in [2.75, 3.05) is 20.7 Å². The van der Waals surface area contributed by atoms with Crippen LogP contribution in [0.3, 0.4) is 0 Å². The summed E-state index contributed by atoms with van der Waals surface area (Å²) in [6, 6.07) is 18.7. The first-order valence-electron chi connectivity index (χ1n) is 12.2. The molecule has 3 aromatic rings. The molecule has 0 spiro atoms. The van der Waals surface area contributed by atoms with E-state index in [1.165, 1.54) is 18.0 Å². The summed E-state index contributed by atoms with van der Waals surface area (Å²) in [5.41, 5.74) is 0.789. The Morgan fingerprint density at radius 1 is 0.973 bits per heavy atom. The summed E-state index contributed by atoms with van der Waals surface area (Å²) in [6.07, 6.45) is 0.748. The van der Waals surface area contributed by atoms with Crippen LogP contribution in [0.5, 0.6) is 5.75 Å². The summed E-state index contributed by atoms with van der Waals surface area (Å²) in [4.78, 5) is 27.9. The number of nitrogens with one attached hydrogen (secondary N) is 1. The number of fused-ring (bicyclic) bond motifs is 1. The van der Waals surface area contributed by atoms with Crippen LogP contribution in [0.1, 0.15) is 32.8 Å². The molecular weight excluding hydrogens is 490 g/mol. The normalized spacial score (nSPS) is 13.2. The number of hydrogen-bond acceptors (Lipinski definition) is 5. The number of carbonyl (C=O) groups is 2. The molecule has 0 aromatic heterocycles. The van der Waals surface area contributed by atoms with E-state index < -0.39 is 28.5 Å². The molecule has 2 amide bonds. The van der Waals surface area contributed by atoms with Crippen molar-refractivity contribution < 1.29 is 22.7 Å². The maximum absolute atomic E-state index is 13.5. The van der Waals surface area contributed by atoms with E-state index in [2.05, 4.69) is 5.32 Å². The lowest BCUT2D eigenvalue weighted by atomic mass is 10.1. The Morgan fingerprint density at radius 2 is 1.62 bits per heavy atom. The molecule has 0 heterocycles. The Bertz CT molecular complexity index is 1340. The number of rotatable bonds is 11. The molecule has 0 aliphatic heterocycles. The quantitative estimate of drug-likeness (QED) is 0.411. The van der Waals surface area contributed by atoms with Crippen molar-refractivity contribution in [1.29, 1.82) is 0 Å². The van der Waals surface area contributed by atoms with Gasteiger partial charge in [0, 0.05) is 19.6 Å². The standard InChI is InChI=1S/C28H35N3O5S/c1-6-20(2)29-28(33)21(3)31(18-22-11-14-25(36-5)15-12-22)27(32)19-30(4)37(34,35)26-16-13-23-9-7-8-10-24(23)17-26/h7-17,20-21H,6,18-19H2,1-5H3,(H,29,33)/t20-,21-/m1/s1. The van der Waals surface area contributed by atoms with E-state index in [4.69, 9.17) is 4.74 Å². The number of methoxy groups -OCH3 is 1. The molecule has 0 aliphatic rings. The highest BCUT2D eigenvalue weighted by molar-refractivity contribution is 7.89. The zero-order valence-electron chi connectivity index (χ0n) is 22.0. The number of benzene rings is 3. The Hall–Kier alpha value is -3.43. The van der Waals surface area contributed by atoms with Crippen molar-refractivity contribution in [3.05, 3.63) is 72.3 Å². The number of ether oxygens (including phenoxy) is 1. The third-order valence-corrected chi connectivity index (χ3v) is 8.27. The highest BCUT2D eigenvalue weighted by Crippen LogP contribution is 2.22. The van der Waals surface area contributed by atoms with Gasteiger partial charge in [0.1, 0.15) is 11.8 Å². The minimum atomic E-state index is -3.94. The Morgan fingerprint density at radius 3 is 2.24 bits per heavy atom. The van der Waals surface area contributed by atoms with Crippen LogP contribution in [-0.4, -0.2) is 62.2 Å². The van der Waals surface area contributed by atoms with Gasteiger partial charge >= 0.3 is 0 Å². The van der Waals surface area contributed by atoms with Gasteiger partial charge < -0.3 is 15.0 Å². The van der Waals surface area contributed by atoms with Crippen LogP contribution >= 0.6 is 0 Å². The predicted octanol–water partition coefficient (Wildman–Crippen LogP) is 3.80. The smallest absolute Gasteiger partial charge is 0.243 e. The molecule has 0 bridgehead atoms. The number of hydrogen-bond donors (Lipinski definition) is 1. The van der Waals surface area contributed by atoms with Crippen molar-refractivity contribution in [3.63, 3.8) is 0 Å².